The smallest absolute Gasteiger partial charge is 0.210 e. The molecule has 0 bridgehead atoms. The normalized spacial score (nSPS) is 11.4. The zero-order valence-electron chi connectivity index (χ0n) is 20.7. The highest BCUT2D eigenvalue weighted by Gasteiger charge is 2.18. The lowest BCUT2D eigenvalue weighted by molar-refractivity contribution is 0.103. The molecule has 0 aliphatic carbocycles. The van der Waals surface area contributed by atoms with E-state index in [2.05, 4.69) is 31.7 Å². The number of rotatable bonds is 15. The lowest BCUT2D eigenvalue weighted by atomic mass is 10.0. The van der Waals surface area contributed by atoms with E-state index < -0.39 is 0 Å². The number of ketones is 1. The van der Waals surface area contributed by atoms with Gasteiger partial charge in [-0.05, 0) is 99.8 Å². The quantitative estimate of drug-likeness (QED) is 0.189. The van der Waals surface area contributed by atoms with Crippen molar-refractivity contribution in [3.63, 3.8) is 0 Å². The average Bonchev–Trinajstić information content (AvgIpc) is 3.23. The number of aromatic nitrogens is 1. The Morgan fingerprint density at radius 2 is 1.58 bits per heavy atom. The molecule has 0 atom stereocenters. The van der Waals surface area contributed by atoms with E-state index in [0.29, 0.717) is 12.2 Å². The lowest BCUT2D eigenvalue weighted by Gasteiger charge is -2.21. The Balaban J connectivity index is 1.51. The predicted octanol–water partition coefficient (Wildman–Crippen LogP) is 6.79. The molecule has 4 heteroatoms. The molecule has 0 spiro atoms. The van der Waals surface area contributed by atoms with E-state index in [0.717, 1.165) is 48.3 Å². The molecule has 0 amide bonds. The summed E-state index contributed by atoms with van der Waals surface area (Å²) < 4.78 is 7.95. The third-order valence-corrected chi connectivity index (χ3v) is 6.26. The van der Waals surface area contributed by atoms with Gasteiger partial charge >= 0.3 is 0 Å². The molecule has 3 aromatic rings. The fourth-order valence-corrected chi connectivity index (χ4v) is 4.27. The zero-order chi connectivity index (χ0) is 23.5. The molecule has 2 aromatic heterocycles. The van der Waals surface area contributed by atoms with Crippen LogP contribution >= 0.6 is 0 Å². The van der Waals surface area contributed by atoms with E-state index in [1.807, 2.05) is 53.1 Å². The predicted molar refractivity (Wildman–Crippen MR) is 138 cm³/mol. The minimum Gasteiger partial charge on any atom is -0.494 e. The third-order valence-electron chi connectivity index (χ3n) is 6.26. The number of pyridine rings is 1. The first-order valence-electron chi connectivity index (χ1n) is 12.8. The fraction of sp³-hybridized carbons (Fsp3) is 0.483. The van der Waals surface area contributed by atoms with Gasteiger partial charge < -0.3 is 14.0 Å². The van der Waals surface area contributed by atoms with Crippen molar-refractivity contribution < 1.29 is 9.53 Å². The van der Waals surface area contributed by atoms with Crippen LogP contribution in [0, 0.1) is 0 Å². The number of unbranched alkanes of at least 4 members (excludes halogenated alkanes) is 3. The number of benzene rings is 1. The summed E-state index contributed by atoms with van der Waals surface area (Å²) in [5.41, 5.74) is 3.60. The number of nitrogens with zero attached hydrogens (tertiary/aromatic N) is 2. The van der Waals surface area contributed by atoms with E-state index in [4.69, 9.17) is 4.74 Å². The minimum absolute atomic E-state index is 0.0591. The summed E-state index contributed by atoms with van der Waals surface area (Å²) in [4.78, 5) is 15.9. The van der Waals surface area contributed by atoms with E-state index in [9.17, 15) is 4.79 Å². The second kappa shape index (κ2) is 13.2. The van der Waals surface area contributed by atoms with Gasteiger partial charge in [0.2, 0.25) is 5.78 Å². The van der Waals surface area contributed by atoms with Crippen molar-refractivity contribution in [3.8, 4) is 5.75 Å². The van der Waals surface area contributed by atoms with Crippen molar-refractivity contribution in [2.45, 2.75) is 65.7 Å². The van der Waals surface area contributed by atoms with Gasteiger partial charge in [0, 0.05) is 17.3 Å². The highest BCUT2D eigenvalue weighted by atomic mass is 16.5. The van der Waals surface area contributed by atoms with E-state index >= 15 is 0 Å². The SMILES string of the molecule is CCCCN(CCCC)CCCCOc1ccc(C(=O)c2c(CC)cc3ccccn23)cc1. The number of aryl methyl sites for hydroxylation is 1. The Morgan fingerprint density at radius 1 is 0.879 bits per heavy atom. The van der Waals surface area contributed by atoms with Crippen LogP contribution < -0.4 is 4.74 Å². The molecule has 0 aliphatic heterocycles. The number of fused-ring (bicyclic) bond motifs is 1. The minimum atomic E-state index is 0.0591. The summed E-state index contributed by atoms with van der Waals surface area (Å²) in [6.07, 6.45) is 10.1. The summed E-state index contributed by atoms with van der Waals surface area (Å²) in [6.45, 7) is 10.9. The molecule has 178 valence electrons. The van der Waals surface area contributed by atoms with Crippen LogP contribution in [0.5, 0.6) is 5.75 Å². The van der Waals surface area contributed by atoms with Crippen LogP contribution in [-0.4, -0.2) is 41.3 Å². The topological polar surface area (TPSA) is 34.0 Å². The first kappa shape index (κ1) is 25.0. The molecule has 33 heavy (non-hydrogen) atoms. The maximum absolute atomic E-state index is 13.3. The van der Waals surface area contributed by atoms with E-state index in [-0.39, 0.29) is 5.78 Å². The maximum atomic E-state index is 13.3. The second-order valence-electron chi connectivity index (χ2n) is 8.83. The second-order valence-corrected chi connectivity index (χ2v) is 8.83. The number of carbonyl (C=O) groups excluding carboxylic acids is 1. The average molecular weight is 449 g/mol. The van der Waals surface area contributed by atoms with Gasteiger partial charge in [-0.15, -0.1) is 0 Å². The summed E-state index contributed by atoms with van der Waals surface area (Å²) in [5.74, 6) is 0.889. The zero-order valence-corrected chi connectivity index (χ0v) is 20.7. The van der Waals surface area contributed by atoms with Gasteiger partial charge in [-0.25, -0.2) is 0 Å². The Kier molecular flexibility index (Phi) is 10.0. The van der Waals surface area contributed by atoms with Crippen molar-refractivity contribution >= 4 is 11.3 Å². The molecule has 0 saturated heterocycles. The van der Waals surface area contributed by atoms with Gasteiger partial charge in [-0.2, -0.15) is 0 Å². The first-order chi connectivity index (χ1) is 16.2. The van der Waals surface area contributed by atoms with Crippen LogP contribution in [-0.2, 0) is 6.42 Å². The molecular formula is C29H40N2O2. The number of hydrogen-bond acceptors (Lipinski definition) is 3. The summed E-state index contributed by atoms with van der Waals surface area (Å²) in [6, 6.07) is 15.7. The third kappa shape index (κ3) is 6.94. The van der Waals surface area contributed by atoms with Crippen molar-refractivity contribution in [1.82, 2.24) is 9.30 Å². The molecule has 0 unspecified atom stereocenters. The van der Waals surface area contributed by atoms with Gasteiger partial charge in [0.15, 0.2) is 0 Å². The molecule has 1 aromatic carbocycles. The summed E-state index contributed by atoms with van der Waals surface area (Å²) in [5, 5.41) is 0. The van der Waals surface area contributed by atoms with Crippen LogP contribution in [0.4, 0.5) is 0 Å². The summed E-state index contributed by atoms with van der Waals surface area (Å²) in [7, 11) is 0. The van der Waals surface area contributed by atoms with Gasteiger partial charge in [-0.3, -0.25) is 4.79 Å². The Bertz CT molecular complexity index is 983. The van der Waals surface area contributed by atoms with Crippen LogP contribution in [0.15, 0.2) is 54.7 Å². The molecule has 2 heterocycles. The fourth-order valence-electron chi connectivity index (χ4n) is 4.27. The summed E-state index contributed by atoms with van der Waals surface area (Å²) >= 11 is 0. The van der Waals surface area contributed by atoms with Gasteiger partial charge in [0.25, 0.3) is 0 Å². The first-order valence-corrected chi connectivity index (χ1v) is 12.8. The van der Waals surface area contributed by atoms with Gasteiger partial charge in [-0.1, -0.05) is 39.7 Å². The standard InChI is InChI=1S/C29H40N2O2/c1-4-7-18-30(19-8-5-2)20-11-12-22-33-27-16-14-25(15-17-27)29(32)28-24(6-3)23-26-13-9-10-21-31(26)28/h9-10,13-17,21,23H,4-8,11-12,18-20,22H2,1-3H3. The number of ether oxygens (including phenoxy) is 1. The molecule has 0 saturated carbocycles. The van der Waals surface area contributed by atoms with Crippen LogP contribution in [0.1, 0.15) is 80.9 Å². The largest absolute Gasteiger partial charge is 0.494 e. The lowest BCUT2D eigenvalue weighted by Crippen LogP contribution is -2.27. The Morgan fingerprint density at radius 3 is 2.24 bits per heavy atom. The molecule has 0 radical (unpaired) electrons. The van der Waals surface area contributed by atoms with E-state index in [1.54, 1.807) is 0 Å². The molecular weight excluding hydrogens is 408 g/mol. The highest BCUT2D eigenvalue weighted by Crippen LogP contribution is 2.22. The molecule has 0 aliphatic rings. The van der Waals surface area contributed by atoms with Crippen molar-refractivity contribution in [1.29, 1.82) is 0 Å². The molecule has 4 nitrogen and oxygen atoms in total. The molecule has 0 N–H and O–H groups in total. The van der Waals surface area contributed by atoms with Gasteiger partial charge in [0.1, 0.15) is 5.75 Å². The van der Waals surface area contributed by atoms with Crippen LogP contribution in [0.3, 0.4) is 0 Å². The van der Waals surface area contributed by atoms with Crippen LogP contribution in [0.25, 0.3) is 5.52 Å². The maximum Gasteiger partial charge on any atom is 0.210 e. The molecule has 3 rings (SSSR count). The monoisotopic (exact) mass is 448 g/mol. The van der Waals surface area contributed by atoms with Crippen molar-refractivity contribution in [2.24, 2.45) is 0 Å². The number of hydrogen-bond donors (Lipinski definition) is 0. The van der Waals surface area contributed by atoms with Crippen molar-refractivity contribution in [2.75, 3.05) is 26.2 Å². The van der Waals surface area contributed by atoms with E-state index in [1.165, 1.54) is 38.8 Å². The van der Waals surface area contributed by atoms with Crippen LogP contribution in [0.2, 0.25) is 0 Å². The number of carbonyl (C=O) groups is 1. The van der Waals surface area contributed by atoms with Gasteiger partial charge in [0.05, 0.1) is 12.3 Å². The highest BCUT2D eigenvalue weighted by molar-refractivity contribution is 6.09. The Hall–Kier alpha value is -2.59. The molecule has 0 fully saturated rings. The Labute approximate surface area is 199 Å². The van der Waals surface area contributed by atoms with Crippen molar-refractivity contribution in [3.05, 3.63) is 71.5 Å².